The number of nitro groups is 1. The van der Waals surface area contributed by atoms with Crippen molar-refractivity contribution in [2.45, 2.75) is 26.2 Å². The summed E-state index contributed by atoms with van der Waals surface area (Å²) in [5, 5.41) is 13.3. The number of nitrogens with zero attached hydrogens (tertiary/aromatic N) is 1. The van der Waals surface area contributed by atoms with Gasteiger partial charge in [-0.1, -0.05) is 45.0 Å². The van der Waals surface area contributed by atoms with Gasteiger partial charge in [-0.2, -0.15) is 0 Å². The molecule has 3 N–H and O–H groups in total. The smallest absolute Gasteiger partial charge is 0.270 e. The molecule has 2 aromatic carbocycles. The summed E-state index contributed by atoms with van der Waals surface area (Å²) in [6.45, 7) is 6.19. The lowest BCUT2D eigenvalue weighted by molar-refractivity contribution is -0.384. The Morgan fingerprint density at radius 2 is 1.74 bits per heavy atom. The van der Waals surface area contributed by atoms with Crippen LogP contribution in [-0.4, -0.2) is 16.7 Å². The summed E-state index contributed by atoms with van der Waals surface area (Å²) in [6.07, 6.45) is 1.30. The van der Waals surface area contributed by atoms with Crippen LogP contribution in [0.3, 0.4) is 0 Å². The molecule has 0 atom stereocenters. The van der Waals surface area contributed by atoms with E-state index in [4.69, 9.17) is 5.73 Å². The van der Waals surface area contributed by atoms with Crippen molar-refractivity contribution in [1.82, 2.24) is 5.32 Å². The van der Waals surface area contributed by atoms with Crippen LogP contribution in [0.15, 0.2) is 54.2 Å². The van der Waals surface area contributed by atoms with Crippen LogP contribution in [0.25, 0.3) is 6.08 Å². The minimum Gasteiger partial charge on any atom is -0.364 e. The van der Waals surface area contributed by atoms with Crippen LogP contribution >= 0.6 is 0 Å². The number of primary amides is 1. The van der Waals surface area contributed by atoms with Gasteiger partial charge in [-0.15, -0.1) is 0 Å². The number of carbonyl (C=O) groups is 2. The molecule has 0 aliphatic rings. The van der Waals surface area contributed by atoms with Gasteiger partial charge < -0.3 is 11.1 Å². The highest BCUT2D eigenvalue weighted by Crippen LogP contribution is 2.22. The summed E-state index contributed by atoms with van der Waals surface area (Å²) < 4.78 is 0. The van der Waals surface area contributed by atoms with Crippen molar-refractivity contribution in [1.29, 1.82) is 0 Å². The maximum Gasteiger partial charge on any atom is 0.270 e. The first kappa shape index (κ1) is 19.8. The standard InChI is InChI=1S/C20H21N3O4/c1-20(2,3)15-9-7-14(8-10-15)19(25)22-17(18(21)24)12-13-5-4-6-16(11-13)23(26)27/h4-12H,1-3H3,(H2,21,24)(H,22,25)/b17-12-. The molecule has 0 saturated heterocycles. The molecule has 0 spiro atoms. The fourth-order valence-corrected chi connectivity index (χ4v) is 2.38. The maximum absolute atomic E-state index is 12.4. The molecule has 2 aromatic rings. The van der Waals surface area contributed by atoms with Gasteiger partial charge >= 0.3 is 0 Å². The number of non-ortho nitro benzene ring substituents is 1. The SMILES string of the molecule is CC(C)(C)c1ccc(C(=O)N/C(=C\c2cccc([N+](=O)[O-])c2)C(N)=O)cc1. The number of hydrogen-bond acceptors (Lipinski definition) is 4. The van der Waals surface area contributed by atoms with Gasteiger partial charge in [-0.05, 0) is 34.8 Å². The third-order valence-electron chi connectivity index (χ3n) is 3.92. The number of amides is 2. The molecule has 7 heteroatoms. The van der Waals surface area contributed by atoms with E-state index in [0.717, 1.165) is 5.56 Å². The van der Waals surface area contributed by atoms with Gasteiger partial charge in [0.25, 0.3) is 17.5 Å². The molecule has 0 unspecified atom stereocenters. The number of nitro benzene ring substituents is 1. The Morgan fingerprint density at radius 1 is 1.11 bits per heavy atom. The lowest BCUT2D eigenvalue weighted by Gasteiger charge is -2.19. The second-order valence-corrected chi connectivity index (χ2v) is 7.06. The van der Waals surface area contributed by atoms with Crippen molar-refractivity contribution in [3.8, 4) is 0 Å². The third kappa shape index (κ3) is 5.24. The fourth-order valence-electron chi connectivity index (χ4n) is 2.38. The van der Waals surface area contributed by atoms with E-state index in [1.165, 1.54) is 24.3 Å². The van der Waals surface area contributed by atoms with Gasteiger partial charge in [0.2, 0.25) is 0 Å². The Hall–Kier alpha value is -3.48. The Bertz CT molecular complexity index is 910. The molecule has 0 aliphatic carbocycles. The van der Waals surface area contributed by atoms with Crippen LogP contribution in [0.4, 0.5) is 5.69 Å². The van der Waals surface area contributed by atoms with Gasteiger partial charge in [0.1, 0.15) is 5.70 Å². The van der Waals surface area contributed by atoms with Crippen molar-refractivity contribution in [3.05, 3.63) is 81.0 Å². The summed E-state index contributed by atoms with van der Waals surface area (Å²) in [5.41, 5.74) is 6.82. The molecule has 0 bridgehead atoms. The Labute approximate surface area is 157 Å². The highest BCUT2D eigenvalue weighted by atomic mass is 16.6. The van der Waals surface area contributed by atoms with E-state index in [1.807, 2.05) is 12.1 Å². The van der Waals surface area contributed by atoms with Crippen molar-refractivity contribution >= 4 is 23.6 Å². The van der Waals surface area contributed by atoms with E-state index >= 15 is 0 Å². The number of benzene rings is 2. The fraction of sp³-hybridized carbons (Fsp3) is 0.200. The Morgan fingerprint density at radius 3 is 2.26 bits per heavy atom. The van der Waals surface area contributed by atoms with Gasteiger partial charge in [-0.25, -0.2) is 0 Å². The molecule has 0 aliphatic heterocycles. The largest absolute Gasteiger partial charge is 0.364 e. The van der Waals surface area contributed by atoms with E-state index < -0.39 is 16.7 Å². The molecule has 0 saturated carbocycles. The Balaban J connectivity index is 2.25. The van der Waals surface area contributed by atoms with Gasteiger partial charge in [0.05, 0.1) is 4.92 Å². The minimum atomic E-state index is -0.846. The van der Waals surface area contributed by atoms with Crippen molar-refractivity contribution in [2.75, 3.05) is 0 Å². The molecular formula is C20H21N3O4. The lowest BCUT2D eigenvalue weighted by Crippen LogP contribution is -2.31. The molecule has 7 nitrogen and oxygen atoms in total. The first-order valence-corrected chi connectivity index (χ1v) is 8.26. The minimum absolute atomic E-state index is 0.0463. The molecule has 140 valence electrons. The molecule has 0 heterocycles. The summed E-state index contributed by atoms with van der Waals surface area (Å²) in [5.74, 6) is -1.34. The maximum atomic E-state index is 12.4. The summed E-state index contributed by atoms with van der Waals surface area (Å²) in [6, 6.07) is 12.7. The first-order valence-electron chi connectivity index (χ1n) is 8.26. The second kappa shape index (κ2) is 7.82. The number of hydrogen-bond donors (Lipinski definition) is 2. The van der Waals surface area contributed by atoms with E-state index in [2.05, 4.69) is 26.1 Å². The molecule has 0 aromatic heterocycles. The average molecular weight is 367 g/mol. The lowest BCUT2D eigenvalue weighted by atomic mass is 9.87. The second-order valence-electron chi connectivity index (χ2n) is 7.06. The zero-order valence-electron chi connectivity index (χ0n) is 15.4. The molecule has 2 amide bonds. The normalized spacial score (nSPS) is 11.7. The topological polar surface area (TPSA) is 115 Å². The van der Waals surface area contributed by atoms with Gasteiger partial charge in [-0.3, -0.25) is 19.7 Å². The van der Waals surface area contributed by atoms with Crippen LogP contribution < -0.4 is 11.1 Å². The van der Waals surface area contributed by atoms with E-state index in [0.29, 0.717) is 11.1 Å². The van der Waals surface area contributed by atoms with Crippen LogP contribution in [-0.2, 0) is 10.2 Å². The van der Waals surface area contributed by atoms with E-state index in [9.17, 15) is 19.7 Å². The zero-order valence-corrected chi connectivity index (χ0v) is 15.4. The predicted molar refractivity (Wildman–Crippen MR) is 103 cm³/mol. The highest BCUT2D eigenvalue weighted by molar-refractivity contribution is 6.04. The molecular weight excluding hydrogens is 346 g/mol. The summed E-state index contributed by atoms with van der Waals surface area (Å²) in [4.78, 5) is 34.4. The van der Waals surface area contributed by atoms with Crippen LogP contribution in [0.1, 0.15) is 42.3 Å². The van der Waals surface area contributed by atoms with Crippen molar-refractivity contribution < 1.29 is 14.5 Å². The Kier molecular flexibility index (Phi) is 5.75. The number of nitrogens with one attached hydrogen (secondary N) is 1. The highest BCUT2D eigenvalue weighted by Gasteiger charge is 2.16. The zero-order chi connectivity index (χ0) is 20.2. The first-order chi connectivity index (χ1) is 12.6. The van der Waals surface area contributed by atoms with Crippen LogP contribution in [0.2, 0.25) is 0 Å². The van der Waals surface area contributed by atoms with Gasteiger partial charge in [0.15, 0.2) is 0 Å². The van der Waals surface area contributed by atoms with Crippen LogP contribution in [0.5, 0.6) is 0 Å². The predicted octanol–water partition coefficient (Wildman–Crippen LogP) is 3.15. The van der Waals surface area contributed by atoms with Gasteiger partial charge in [0, 0.05) is 17.7 Å². The van der Waals surface area contributed by atoms with E-state index in [-0.39, 0.29) is 16.8 Å². The van der Waals surface area contributed by atoms with Crippen LogP contribution in [0, 0.1) is 10.1 Å². The monoisotopic (exact) mass is 367 g/mol. The van der Waals surface area contributed by atoms with Crippen molar-refractivity contribution in [3.63, 3.8) is 0 Å². The quantitative estimate of drug-likeness (QED) is 0.480. The third-order valence-corrected chi connectivity index (χ3v) is 3.92. The molecule has 0 fully saturated rings. The molecule has 27 heavy (non-hydrogen) atoms. The number of carbonyl (C=O) groups excluding carboxylic acids is 2. The summed E-state index contributed by atoms with van der Waals surface area (Å²) in [7, 11) is 0. The summed E-state index contributed by atoms with van der Waals surface area (Å²) >= 11 is 0. The molecule has 0 radical (unpaired) electrons. The number of rotatable bonds is 5. The van der Waals surface area contributed by atoms with E-state index in [1.54, 1.807) is 18.2 Å². The number of nitrogens with two attached hydrogens (primary N) is 1. The van der Waals surface area contributed by atoms with Crippen molar-refractivity contribution in [2.24, 2.45) is 5.73 Å². The molecule has 2 rings (SSSR count). The average Bonchev–Trinajstić information content (AvgIpc) is 2.60.